The molecule has 1 fully saturated rings. The minimum Gasteiger partial charge on any atom is -0.390 e. The maximum atomic E-state index is 11.7. The number of aliphatic hydroxyl groups is 2. The van der Waals surface area contributed by atoms with Crippen LogP contribution in [-0.2, 0) is 4.79 Å². The van der Waals surface area contributed by atoms with Crippen LogP contribution in [0.3, 0.4) is 0 Å². The van der Waals surface area contributed by atoms with Crippen LogP contribution in [0.5, 0.6) is 0 Å². The van der Waals surface area contributed by atoms with Gasteiger partial charge in [-0.15, -0.1) is 0 Å². The number of hydrogen-bond donors (Lipinski definition) is 2. The summed E-state index contributed by atoms with van der Waals surface area (Å²) < 4.78 is 0. The third-order valence-electron chi connectivity index (χ3n) is 3.59. The Morgan fingerprint density at radius 2 is 2.07 bits per heavy atom. The van der Waals surface area contributed by atoms with Gasteiger partial charge < -0.3 is 10.2 Å². The fourth-order valence-electron chi connectivity index (χ4n) is 2.72. The molecule has 0 spiro atoms. The topological polar surface area (TPSA) is 57.5 Å². The fraction of sp³-hybridized carbons (Fsp3) is 0.750. The summed E-state index contributed by atoms with van der Waals surface area (Å²) in [4.78, 5) is 11.7. The molecule has 0 bridgehead atoms. The van der Waals surface area contributed by atoms with Crippen LogP contribution >= 0.6 is 0 Å². The molecule has 15 heavy (non-hydrogen) atoms. The summed E-state index contributed by atoms with van der Waals surface area (Å²) in [7, 11) is 0. The Bertz CT molecular complexity index is 306. The van der Waals surface area contributed by atoms with Crippen LogP contribution in [0, 0.1) is 5.92 Å². The molecule has 0 aromatic heterocycles. The van der Waals surface area contributed by atoms with Gasteiger partial charge in [0.2, 0.25) is 0 Å². The van der Waals surface area contributed by atoms with E-state index in [0.29, 0.717) is 12.8 Å². The van der Waals surface area contributed by atoms with Crippen LogP contribution in [0.1, 0.15) is 39.0 Å². The van der Waals surface area contributed by atoms with Crippen LogP contribution in [0.15, 0.2) is 11.1 Å². The van der Waals surface area contributed by atoms with Gasteiger partial charge in [-0.05, 0) is 24.8 Å². The van der Waals surface area contributed by atoms with Crippen molar-refractivity contribution in [2.45, 2.75) is 51.2 Å². The summed E-state index contributed by atoms with van der Waals surface area (Å²) in [6, 6.07) is 0. The van der Waals surface area contributed by atoms with Gasteiger partial charge >= 0.3 is 0 Å². The molecule has 0 radical (unpaired) electrons. The Labute approximate surface area is 89.8 Å². The van der Waals surface area contributed by atoms with Crippen molar-refractivity contribution in [3.05, 3.63) is 11.1 Å². The molecule has 0 aliphatic heterocycles. The highest BCUT2D eigenvalue weighted by Gasteiger charge is 2.44. The second-order valence-corrected chi connectivity index (χ2v) is 4.60. The minimum atomic E-state index is -0.719. The Hall–Kier alpha value is -0.670. The standard InChI is InChI=1S/C12H18O3/c1-2-3-4-7-8-5-11(14)12(15)9(8)6-10(7)13/h9,11-12,14-15H,2-6H2,1H3/t9-,11+,12+/m1/s1. The lowest BCUT2D eigenvalue weighted by molar-refractivity contribution is -0.116. The number of fused-ring (bicyclic) bond motifs is 1. The molecular weight excluding hydrogens is 192 g/mol. The van der Waals surface area contributed by atoms with Gasteiger partial charge in [0, 0.05) is 12.3 Å². The predicted molar refractivity (Wildman–Crippen MR) is 56.3 cm³/mol. The number of aliphatic hydroxyl groups excluding tert-OH is 2. The van der Waals surface area contributed by atoms with Crippen LogP contribution in [0.25, 0.3) is 0 Å². The van der Waals surface area contributed by atoms with Gasteiger partial charge in [0.1, 0.15) is 0 Å². The highest BCUT2D eigenvalue weighted by molar-refractivity contribution is 5.99. The van der Waals surface area contributed by atoms with Crippen molar-refractivity contribution in [2.75, 3.05) is 0 Å². The van der Waals surface area contributed by atoms with E-state index in [4.69, 9.17) is 0 Å². The first-order valence-corrected chi connectivity index (χ1v) is 5.76. The molecule has 0 aromatic rings. The van der Waals surface area contributed by atoms with E-state index in [9.17, 15) is 15.0 Å². The number of Topliss-reactive ketones (excluding diaryl/α,β-unsaturated/α-hetero) is 1. The number of ketones is 1. The molecule has 2 rings (SSSR count). The van der Waals surface area contributed by atoms with Gasteiger partial charge in [-0.2, -0.15) is 0 Å². The Morgan fingerprint density at radius 1 is 1.33 bits per heavy atom. The second kappa shape index (κ2) is 4.06. The van der Waals surface area contributed by atoms with Gasteiger partial charge in [-0.1, -0.05) is 18.9 Å². The summed E-state index contributed by atoms with van der Waals surface area (Å²) in [5, 5.41) is 19.2. The number of unbranched alkanes of at least 4 members (excludes halogenated alkanes) is 1. The van der Waals surface area contributed by atoms with Crippen LogP contribution in [0.4, 0.5) is 0 Å². The van der Waals surface area contributed by atoms with Crippen molar-refractivity contribution in [1.82, 2.24) is 0 Å². The lowest BCUT2D eigenvalue weighted by atomic mass is 10.0. The van der Waals surface area contributed by atoms with Crippen LogP contribution in [-0.4, -0.2) is 28.2 Å². The van der Waals surface area contributed by atoms with Gasteiger partial charge in [-0.3, -0.25) is 4.79 Å². The summed E-state index contributed by atoms with van der Waals surface area (Å²) in [5.74, 6) is 0.105. The van der Waals surface area contributed by atoms with E-state index in [1.54, 1.807) is 0 Å². The van der Waals surface area contributed by atoms with Crippen LogP contribution < -0.4 is 0 Å². The monoisotopic (exact) mass is 210 g/mol. The Balaban J connectivity index is 2.19. The molecular formula is C12H18O3. The zero-order chi connectivity index (χ0) is 11.0. The molecule has 84 valence electrons. The molecule has 2 N–H and O–H groups in total. The van der Waals surface area contributed by atoms with Gasteiger partial charge in [-0.25, -0.2) is 0 Å². The van der Waals surface area contributed by atoms with E-state index in [2.05, 4.69) is 6.92 Å². The number of carbonyl (C=O) groups excluding carboxylic acids is 1. The Kier molecular flexibility index (Phi) is 2.94. The summed E-state index contributed by atoms with van der Waals surface area (Å²) in [6.45, 7) is 2.10. The van der Waals surface area contributed by atoms with E-state index < -0.39 is 12.2 Å². The molecule has 3 heteroatoms. The maximum Gasteiger partial charge on any atom is 0.159 e. The average Bonchev–Trinajstić information content (AvgIpc) is 2.64. The van der Waals surface area contributed by atoms with Crippen LogP contribution in [0.2, 0.25) is 0 Å². The molecule has 0 amide bonds. The smallest absolute Gasteiger partial charge is 0.159 e. The first kappa shape index (κ1) is 10.8. The summed E-state index contributed by atoms with van der Waals surface area (Å²) >= 11 is 0. The molecule has 0 heterocycles. The number of hydrogen-bond acceptors (Lipinski definition) is 3. The second-order valence-electron chi connectivity index (χ2n) is 4.60. The highest BCUT2D eigenvalue weighted by atomic mass is 16.3. The first-order valence-electron chi connectivity index (χ1n) is 5.76. The zero-order valence-electron chi connectivity index (χ0n) is 9.07. The van der Waals surface area contributed by atoms with Crippen molar-refractivity contribution in [3.8, 4) is 0 Å². The van der Waals surface area contributed by atoms with Gasteiger partial charge in [0.25, 0.3) is 0 Å². The number of carbonyl (C=O) groups is 1. The number of allylic oxidation sites excluding steroid dienone is 1. The predicted octanol–water partition coefficient (Wildman–Crippen LogP) is 1.19. The van der Waals surface area contributed by atoms with Crippen molar-refractivity contribution < 1.29 is 15.0 Å². The lowest BCUT2D eigenvalue weighted by Gasteiger charge is -2.11. The summed E-state index contributed by atoms with van der Waals surface area (Å²) in [5.41, 5.74) is 1.94. The van der Waals surface area contributed by atoms with E-state index in [1.165, 1.54) is 0 Å². The molecule has 3 nitrogen and oxygen atoms in total. The fourth-order valence-corrected chi connectivity index (χ4v) is 2.72. The quantitative estimate of drug-likeness (QED) is 0.735. The van der Waals surface area contributed by atoms with E-state index in [-0.39, 0.29) is 11.7 Å². The normalized spacial score (nSPS) is 35.1. The van der Waals surface area contributed by atoms with E-state index in [0.717, 1.165) is 30.4 Å². The third-order valence-corrected chi connectivity index (χ3v) is 3.59. The highest BCUT2D eigenvalue weighted by Crippen LogP contribution is 2.43. The van der Waals surface area contributed by atoms with Crippen molar-refractivity contribution >= 4 is 5.78 Å². The Morgan fingerprint density at radius 3 is 2.73 bits per heavy atom. The van der Waals surface area contributed by atoms with Crippen molar-refractivity contribution in [1.29, 1.82) is 0 Å². The first-order chi connectivity index (χ1) is 7.15. The molecule has 3 atom stereocenters. The van der Waals surface area contributed by atoms with Crippen molar-refractivity contribution in [3.63, 3.8) is 0 Å². The van der Waals surface area contributed by atoms with Crippen molar-refractivity contribution in [2.24, 2.45) is 5.92 Å². The third kappa shape index (κ3) is 1.74. The molecule has 2 aliphatic rings. The molecule has 2 aliphatic carbocycles. The van der Waals surface area contributed by atoms with E-state index >= 15 is 0 Å². The number of rotatable bonds is 3. The molecule has 0 unspecified atom stereocenters. The molecule has 0 saturated heterocycles. The maximum absolute atomic E-state index is 11.7. The molecule has 0 aromatic carbocycles. The van der Waals surface area contributed by atoms with Gasteiger partial charge in [0.05, 0.1) is 12.2 Å². The van der Waals surface area contributed by atoms with E-state index in [1.807, 2.05) is 0 Å². The molecule has 1 saturated carbocycles. The average molecular weight is 210 g/mol. The summed E-state index contributed by atoms with van der Waals surface area (Å²) in [6.07, 6.45) is 2.44. The minimum absolute atomic E-state index is 0.0839. The zero-order valence-corrected chi connectivity index (χ0v) is 9.07. The van der Waals surface area contributed by atoms with Gasteiger partial charge in [0.15, 0.2) is 5.78 Å². The SMILES string of the molecule is CCCCC1=C2C[C@H](O)[C@@H](O)[C@@H]2CC1=O. The lowest BCUT2D eigenvalue weighted by Crippen LogP contribution is -2.25. The largest absolute Gasteiger partial charge is 0.390 e.